The molecule has 0 spiro atoms. The van der Waals surface area contributed by atoms with Gasteiger partial charge in [0.05, 0.1) is 6.61 Å². The number of nitrogens with zero attached hydrogens (tertiary/aromatic N) is 1. The van der Waals surface area contributed by atoms with Crippen LogP contribution in [0.3, 0.4) is 0 Å². The topological polar surface area (TPSA) is 62.5 Å². The summed E-state index contributed by atoms with van der Waals surface area (Å²) in [6.45, 7) is 2.22. The van der Waals surface area contributed by atoms with Crippen molar-refractivity contribution in [2.45, 2.75) is 26.3 Å². The summed E-state index contributed by atoms with van der Waals surface area (Å²) in [5, 5.41) is 18.0. The lowest BCUT2D eigenvalue weighted by atomic mass is 10.2. The van der Waals surface area contributed by atoms with Gasteiger partial charge in [0.25, 0.3) is 5.56 Å². The number of hydrogen-bond donors (Lipinski definition) is 2. The first-order valence-electron chi connectivity index (χ1n) is 4.72. The third-order valence-electron chi connectivity index (χ3n) is 2.03. The van der Waals surface area contributed by atoms with E-state index in [1.165, 1.54) is 4.57 Å². The van der Waals surface area contributed by atoms with Crippen molar-refractivity contribution in [1.82, 2.24) is 4.57 Å². The molecule has 0 saturated carbocycles. The maximum atomic E-state index is 11.4. The molecule has 1 rings (SSSR count). The molecule has 1 heterocycles. The van der Waals surface area contributed by atoms with E-state index >= 15 is 0 Å². The third-order valence-corrected chi connectivity index (χ3v) is 2.03. The average molecular weight is 197 g/mol. The molecule has 0 aromatic carbocycles. The van der Waals surface area contributed by atoms with E-state index in [1.54, 1.807) is 6.07 Å². The van der Waals surface area contributed by atoms with Crippen LogP contribution in [-0.4, -0.2) is 21.4 Å². The van der Waals surface area contributed by atoms with E-state index in [1.807, 2.05) is 6.92 Å². The van der Waals surface area contributed by atoms with Crippen LogP contribution in [0.5, 0.6) is 5.75 Å². The predicted octanol–water partition coefficient (Wildman–Crippen LogP) is 0.499. The van der Waals surface area contributed by atoms with Gasteiger partial charge >= 0.3 is 0 Å². The summed E-state index contributed by atoms with van der Waals surface area (Å²) in [6.07, 6.45) is 1.62. The molecule has 0 amide bonds. The Balaban J connectivity index is 3.14. The smallest absolute Gasteiger partial charge is 0.254 e. The van der Waals surface area contributed by atoms with E-state index in [0.29, 0.717) is 0 Å². The van der Waals surface area contributed by atoms with Gasteiger partial charge in [0, 0.05) is 18.3 Å². The first-order valence-corrected chi connectivity index (χ1v) is 4.72. The van der Waals surface area contributed by atoms with Crippen LogP contribution in [0.15, 0.2) is 16.9 Å². The van der Waals surface area contributed by atoms with Gasteiger partial charge in [-0.2, -0.15) is 0 Å². The second kappa shape index (κ2) is 4.81. The van der Waals surface area contributed by atoms with E-state index in [4.69, 9.17) is 5.11 Å². The third kappa shape index (κ3) is 2.35. The van der Waals surface area contributed by atoms with Crippen LogP contribution in [0.4, 0.5) is 0 Å². The number of aromatic nitrogens is 1. The molecule has 4 heteroatoms. The molecule has 4 nitrogen and oxygen atoms in total. The molecule has 2 N–H and O–H groups in total. The van der Waals surface area contributed by atoms with Crippen molar-refractivity contribution in [2.75, 3.05) is 6.61 Å². The van der Waals surface area contributed by atoms with Crippen molar-refractivity contribution in [3.8, 4) is 5.75 Å². The van der Waals surface area contributed by atoms with Crippen molar-refractivity contribution >= 4 is 0 Å². The summed E-state index contributed by atoms with van der Waals surface area (Å²) in [5.41, 5.74) is 0.508. The molecular formula is C10H15NO3. The minimum Gasteiger partial charge on any atom is -0.508 e. The minimum absolute atomic E-state index is 0.00682. The lowest BCUT2D eigenvalue weighted by Crippen LogP contribution is -2.24. The maximum Gasteiger partial charge on any atom is 0.254 e. The van der Waals surface area contributed by atoms with E-state index < -0.39 is 0 Å². The number of aryl methyl sites for hydroxylation is 1. The highest BCUT2D eigenvalue weighted by atomic mass is 16.3. The van der Waals surface area contributed by atoms with Gasteiger partial charge < -0.3 is 14.8 Å². The predicted molar refractivity (Wildman–Crippen MR) is 53.4 cm³/mol. The van der Waals surface area contributed by atoms with Gasteiger partial charge in [-0.3, -0.25) is 4.79 Å². The molecular weight excluding hydrogens is 182 g/mol. The van der Waals surface area contributed by atoms with E-state index in [-0.39, 0.29) is 24.5 Å². The Kier molecular flexibility index (Phi) is 3.71. The number of rotatable bonds is 4. The molecule has 0 bridgehead atoms. The largest absolute Gasteiger partial charge is 0.508 e. The standard InChI is InChI=1S/C10H15NO3/c1-2-3-8-6-9(13)7-10(14)11(8)4-5-12/h6-7,12-13H,2-5H2,1H3. The van der Waals surface area contributed by atoms with Crippen LogP contribution in [0.2, 0.25) is 0 Å². The summed E-state index contributed by atoms with van der Waals surface area (Å²) >= 11 is 0. The van der Waals surface area contributed by atoms with Gasteiger partial charge in [-0.15, -0.1) is 0 Å². The summed E-state index contributed by atoms with van der Waals surface area (Å²) in [6, 6.07) is 2.73. The monoisotopic (exact) mass is 197 g/mol. The Hall–Kier alpha value is -1.29. The van der Waals surface area contributed by atoms with Crippen LogP contribution >= 0.6 is 0 Å². The second-order valence-electron chi connectivity index (χ2n) is 3.17. The highest BCUT2D eigenvalue weighted by molar-refractivity contribution is 5.22. The lowest BCUT2D eigenvalue weighted by Gasteiger charge is -2.10. The van der Waals surface area contributed by atoms with Crippen molar-refractivity contribution in [2.24, 2.45) is 0 Å². The Bertz CT molecular complexity index is 357. The van der Waals surface area contributed by atoms with Gasteiger partial charge in [0.15, 0.2) is 0 Å². The van der Waals surface area contributed by atoms with Gasteiger partial charge in [0.2, 0.25) is 0 Å². The van der Waals surface area contributed by atoms with Crippen LogP contribution in [-0.2, 0) is 13.0 Å². The quantitative estimate of drug-likeness (QED) is 0.738. The molecule has 0 unspecified atom stereocenters. The first-order chi connectivity index (χ1) is 6.69. The molecule has 0 saturated heterocycles. The van der Waals surface area contributed by atoms with Gasteiger partial charge in [-0.05, 0) is 12.5 Å². The molecule has 0 radical (unpaired) electrons. The fourth-order valence-corrected chi connectivity index (χ4v) is 1.45. The molecule has 0 fully saturated rings. The Morgan fingerprint density at radius 1 is 1.43 bits per heavy atom. The zero-order chi connectivity index (χ0) is 10.6. The van der Waals surface area contributed by atoms with Gasteiger partial charge in [0.1, 0.15) is 5.75 Å². The molecule has 1 aromatic heterocycles. The number of aromatic hydroxyl groups is 1. The second-order valence-corrected chi connectivity index (χ2v) is 3.17. The summed E-state index contributed by atoms with van der Waals surface area (Å²) in [7, 11) is 0. The summed E-state index contributed by atoms with van der Waals surface area (Å²) < 4.78 is 1.49. The molecule has 0 aliphatic rings. The number of hydrogen-bond acceptors (Lipinski definition) is 3. The number of aliphatic hydroxyl groups excluding tert-OH is 1. The zero-order valence-corrected chi connectivity index (χ0v) is 8.23. The summed E-state index contributed by atoms with van der Waals surface area (Å²) in [5.74, 6) is -0.00682. The fourth-order valence-electron chi connectivity index (χ4n) is 1.45. The summed E-state index contributed by atoms with van der Waals surface area (Å²) in [4.78, 5) is 11.4. The normalized spacial score (nSPS) is 10.4. The van der Waals surface area contributed by atoms with Crippen molar-refractivity contribution in [1.29, 1.82) is 0 Å². The Morgan fingerprint density at radius 2 is 2.14 bits per heavy atom. The molecule has 0 atom stereocenters. The number of aliphatic hydroxyl groups is 1. The van der Waals surface area contributed by atoms with Crippen LogP contribution in [0.25, 0.3) is 0 Å². The maximum absolute atomic E-state index is 11.4. The Labute approximate surface area is 82.4 Å². The molecule has 14 heavy (non-hydrogen) atoms. The highest BCUT2D eigenvalue weighted by Gasteiger charge is 2.04. The van der Waals surface area contributed by atoms with Crippen LogP contribution < -0.4 is 5.56 Å². The Morgan fingerprint density at radius 3 is 2.71 bits per heavy atom. The van der Waals surface area contributed by atoms with Crippen molar-refractivity contribution in [3.05, 3.63) is 28.2 Å². The van der Waals surface area contributed by atoms with E-state index in [2.05, 4.69) is 0 Å². The fraction of sp³-hybridized carbons (Fsp3) is 0.500. The lowest BCUT2D eigenvalue weighted by molar-refractivity contribution is 0.272. The SMILES string of the molecule is CCCc1cc(O)cc(=O)n1CCO. The molecule has 0 aliphatic carbocycles. The van der Waals surface area contributed by atoms with Crippen molar-refractivity contribution in [3.63, 3.8) is 0 Å². The zero-order valence-electron chi connectivity index (χ0n) is 8.23. The highest BCUT2D eigenvalue weighted by Crippen LogP contribution is 2.09. The van der Waals surface area contributed by atoms with Gasteiger partial charge in [-0.25, -0.2) is 0 Å². The van der Waals surface area contributed by atoms with E-state index in [9.17, 15) is 9.90 Å². The minimum atomic E-state index is -0.262. The van der Waals surface area contributed by atoms with Gasteiger partial charge in [-0.1, -0.05) is 13.3 Å². The van der Waals surface area contributed by atoms with E-state index in [0.717, 1.165) is 24.6 Å². The first kappa shape index (κ1) is 10.8. The molecule has 0 aliphatic heterocycles. The van der Waals surface area contributed by atoms with Crippen molar-refractivity contribution < 1.29 is 10.2 Å². The number of pyridine rings is 1. The average Bonchev–Trinajstić information content (AvgIpc) is 2.11. The van der Waals surface area contributed by atoms with Crippen LogP contribution in [0.1, 0.15) is 19.0 Å². The van der Waals surface area contributed by atoms with Crippen LogP contribution in [0, 0.1) is 0 Å². The molecule has 1 aromatic rings. The molecule has 78 valence electrons.